The van der Waals surface area contributed by atoms with Crippen molar-refractivity contribution in [3.8, 4) is 0 Å². The smallest absolute Gasteiger partial charge is 0.282 e. The standard InChI is InChI=1S/C6H4BrClO5S2/c7-4-1-2-5(15(11,12)13)6(3-4)14(8,9)10/h1-3H,(H,11,12,13). The molecule has 0 saturated heterocycles. The first-order chi connectivity index (χ1) is 6.62. The van der Waals surface area contributed by atoms with Crippen LogP contribution in [0.1, 0.15) is 0 Å². The van der Waals surface area contributed by atoms with Gasteiger partial charge in [-0.15, -0.1) is 0 Å². The van der Waals surface area contributed by atoms with Gasteiger partial charge < -0.3 is 0 Å². The van der Waals surface area contributed by atoms with Gasteiger partial charge in [0.25, 0.3) is 19.2 Å². The molecule has 0 saturated carbocycles. The third kappa shape index (κ3) is 3.15. The normalized spacial score (nSPS) is 12.7. The largest absolute Gasteiger partial charge is 0.295 e. The Hall–Kier alpha value is -0.150. The molecular weight excluding hydrogens is 332 g/mol. The molecule has 0 unspecified atom stereocenters. The summed E-state index contributed by atoms with van der Waals surface area (Å²) in [5.74, 6) is 0. The van der Waals surface area contributed by atoms with Gasteiger partial charge in [0.1, 0.15) is 9.79 Å². The van der Waals surface area contributed by atoms with Crippen LogP contribution in [0.5, 0.6) is 0 Å². The molecule has 0 aromatic heterocycles. The minimum absolute atomic E-state index is 0.328. The SMILES string of the molecule is O=S(=O)(O)c1ccc(Br)cc1S(=O)(=O)Cl. The second-order valence-corrected chi connectivity index (χ2v) is 7.34. The highest BCUT2D eigenvalue weighted by atomic mass is 79.9. The third-order valence-electron chi connectivity index (χ3n) is 1.45. The molecule has 1 aromatic carbocycles. The van der Waals surface area contributed by atoms with Crippen molar-refractivity contribution in [3.05, 3.63) is 22.7 Å². The Bertz CT molecular complexity index is 592. The molecular formula is C6H4BrClO5S2. The zero-order valence-corrected chi connectivity index (χ0v) is 10.9. The first kappa shape index (κ1) is 12.9. The minimum Gasteiger partial charge on any atom is -0.282 e. The van der Waals surface area contributed by atoms with Gasteiger partial charge in [-0.1, -0.05) is 15.9 Å². The van der Waals surface area contributed by atoms with E-state index in [-0.39, 0.29) is 0 Å². The zero-order chi connectivity index (χ0) is 11.9. The maximum atomic E-state index is 11.0. The van der Waals surface area contributed by atoms with E-state index in [1.165, 1.54) is 6.07 Å². The molecule has 15 heavy (non-hydrogen) atoms. The molecule has 1 rings (SSSR count). The fourth-order valence-corrected chi connectivity index (χ4v) is 3.69. The van der Waals surface area contributed by atoms with Crippen LogP contribution in [-0.4, -0.2) is 21.4 Å². The van der Waals surface area contributed by atoms with Crippen LogP contribution in [0.3, 0.4) is 0 Å². The van der Waals surface area contributed by atoms with Crippen LogP contribution in [0, 0.1) is 0 Å². The molecule has 0 amide bonds. The third-order valence-corrected chi connectivity index (χ3v) is 4.34. The molecule has 5 nitrogen and oxygen atoms in total. The molecule has 9 heteroatoms. The number of hydrogen-bond acceptors (Lipinski definition) is 4. The molecule has 0 heterocycles. The molecule has 1 N–H and O–H groups in total. The molecule has 0 fully saturated rings. The van der Waals surface area contributed by atoms with Gasteiger partial charge in [-0.3, -0.25) is 4.55 Å². The Morgan fingerprint density at radius 2 is 1.67 bits per heavy atom. The van der Waals surface area contributed by atoms with Gasteiger partial charge in [0.05, 0.1) is 0 Å². The van der Waals surface area contributed by atoms with Crippen LogP contribution in [-0.2, 0) is 19.2 Å². The van der Waals surface area contributed by atoms with Crippen molar-refractivity contribution in [1.29, 1.82) is 0 Å². The van der Waals surface area contributed by atoms with Crippen molar-refractivity contribution in [3.63, 3.8) is 0 Å². The zero-order valence-electron chi connectivity index (χ0n) is 6.88. The van der Waals surface area contributed by atoms with Gasteiger partial charge in [0.2, 0.25) is 0 Å². The van der Waals surface area contributed by atoms with E-state index < -0.39 is 29.0 Å². The number of benzene rings is 1. The number of rotatable bonds is 2. The molecule has 0 aliphatic heterocycles. The highest BCUT2D eigenvalue weighted by Gasteiger charge is 2.23. The summed E-state index contributed by atoms with van der Waals surface area (Å²) < 4.78 is 52.8. The van der Waals surface area contributed by atoms with E-state index in [0.717, 1.165) is 12.1 Å². The van der Waals surface area contributed by atoms with E-state index in [9.17, 15) is 16.8 Å². The van der Waals surface area contributed by atoms with Gasteiger partial charge in [0.15, 0.2) is 0 Å². The summed E-state index contributed by atoms with van der Waals surface area (Å²) in [6, 6.07) is 3.20. The van der Waals surface area contributed by atoms with E-state index in [1.54, 1.807) is 0 Å². The first-order valence-electron chi connectivity index (χ1n) is 3.34. The molecule has 84 valence electrons. The van der Waals surface area contributed by atoms with E-state index in [1.807, 2.05) is 0 Å². The number of halogens is 2. The molecule has 1 aromatic rings. The van der Waals surface area contributed by atoms with Gasteiger partial charge in [-0.25, -0.2) is 8.42 Å². The monoisotopic (exact) mass is 334 g/mol. The van der Waals surface area contributed by atoms with Gasteiger partial charge >= 0.3 is 0 Å². The lowest BCUT2D eigenvalue weighted by Gasteiger charge is -2.03. The lowest BCUT2D eigenvalue weighted by atomic mass is 10.4. The Kier molecular flexibility index (Phi) is 3.46. The summed E-state index contributed by atoms with van der Waals surface area (Å²) in [7, 11) is -3.84. The fraction of sp³-hybridized carbons (Fsp3) is 0. The molecule has 0 bridgehead atoms. The summed E-state index contributed by atoms with van der Waals surface area (Å²) in [6.07, 6.45) is 0. The van der Waals surface area contributed by atoms with E-state index in [2.05, 4.69) is 15.9 Å². The maximum Gasteiger partial charge on any atom is 0.295 e. The minimum atomic E-state index is -4.62. The summed E-state index contributed by atoms with van der Waals surface area (Å²) in [5.41, 5.74) is 0. The summed E-state index contributed by atoms with van der Waals surface area (Å²) in [5, 5.41) is 0. The second-order valence-electron chi connectivity index (χ2n) is 2.50. The molecule has 0 aliphatic carbocycles. The van der Waals surface area contributed by atoms with Crippen molar-refractivity contribution in [2.24, 2.45) is 0 Å². The van der Waals surface area contributed by atoms with E-state index in [0.29, 0.717) is 4.47 Å². The molecule has 0 radical (unpaired) electrons. The van der Waals surface area contributed by atoms with E-state index in [4.69, 9.17) is 15.2 Å². The predicted molar refractivity (Wildman–Crippen MR) is 57.0 cm³/mol. The maximum absolute atomic E-state index is 11.0. The van der Waals surface area contributed by atoms with Crippen molar-refractivity contribution >= 4 is 45.8 Å². The summed E-state index contributed by atoms with van der Waals surface area (Å²) in [4.78, 5) is -1.42. The quantitative estimate of drug-likeness (QED) is 0.655. The Balaban J connectivity index is 3.71. The summed E-state index contributed by atoms with van der Waals surface area (Å²) in [6.45, 7) is 0. The Morgan fingerprint density at radius 1 is 1.13 bits per heavy atom. The van der Waals surface area contributed by atoms with Crippen LogP contribution < -0.4 is 0 Å². The predicted octanol–water partition coefficient (Wildman–Crippen LogP) is 1.62. The highest BCUT2D eigenvalue weighted by Crippen LogP contribution is 2.27. The first-order valence-corrected chi connectivity index (χ1v) is 7.88. The van der Waals surface area contributed by atoms with Crippen LogP contribution in [0.15, 0.2) is 32.5 Å². The second kappa shape index (κ2) is 4.02. The average molecular weight is 336 g/mol. The van der Waals surface area contributed by atoms with E-state index >= 15 is 0 Å². The lowest BCUT2D eigenvalue weighted by Crippen LogP contribution is -2.05. The Labute approximate surface area is 99.4 Å². The van der Waals surface area contributed by atoms with Gasteiger partial charge in [-0.05, 0) is 18.2 Å². The lowest BCUT2D eigenvalue weighted by molar-refractivity contribution is 0.480. The van der Waals surface area contributed by atoms with Crippen molar-refractivity contribution in [1.82, 2.24) is 0 Å². The van der Waals surface area contributed by atoms with Gasteiger partial charge in [-0.2, -0.15) is 8.42 Å². The summed E-state index contributed by atoms with van der Waals surface area (Å²) >= 11 is 2.96. The van der Waals surface area contributed by atoms with Crippen molar-refractivity contribution in [2.45, 2.75) is 9.79 Å². The van der Waals surface area contributed by atoms with Crippen LogP contribution >= 0.6 is 26.6 Å². The van der Waals surface area contributed by atoms with Gasteiger partial charge in [0, 0.05) is 15.2 Å². The van der Waals surface area contributed by atoms with Crippen LogP contribution in [0.25, 0.3) is 0 Å². The number of hydrogen-bond donors (Lipinski definition) is 1. The van der Waals surface area contributed by atoms with Crippen LogP contribution in [0.4, 0.5) is 0 Å². The molecule has 0 atom stereocenters. The Morgan fingerprint density at radius 3 is 2.07 bits per heavy atom. The average Bonchev–Trinajstić information content (AvgIpc) is 2.00. The highest BCUT2D eigenvalue weighted by molar-refractivity contribution is 9.10. The molecule has 0 spiro atoms. The van der Waals surface area contributed by atoms with Crippen LogP contribution in [0.2, 0.25) is 0 Å². The van der Waals surface area contributed by atoms with Crippen molar-refractivity contribution in [2.75, 3.05) is 0 Å². The fourth-order valence-electron chi connectivity index (χ4n) is 0.886. The topological polar surface area (TPSA) is 88.5 Å². The van der Waals surface area contributed by atoms with Crippen molar-refractivity contribution < 1.29 is 21.4 Å². The molecule has 0 aliphatic rings.